The number of nitrogens with zero attached hydrogens (tertiary/aromatic N) is 1. The molecule has 1 fully saturated rings. The number of carbonyl (C=O) groups is 1. The molecule has 0 unspecified atom stereocenters. The van der Waals surface area contributed by atoms with Gasteiger partial charge in [-0.05, 0) is 26.0 Å². The molecule has 106 valence electrons. The molecule has 0 aliphatic heterocycles. The average Bonchev–Trinajstić information content (AvgIpc) is 2.59. The number of thiazole rings is 1. The molecule has 0 aromatic carbocycles. The normalized spacial score (nSPS) is 17.2. The number of amides is 1. The van der Waals surface area contributed by atoms with Gasteiger partial charge in [0.05, 0.1) is 12.1 Å². The summed E-state index contributed by atoms with van der Waals surface area (Å²) in [5.41, 5.74) is 1.00. The summed E-state index contributed by atoms with van der Waals surface area (Å²) in [7, 11) is 0. The van der Waals surface area contributed by atoms with Crippen LogP contribution in [0.2, 0.25) is 0 Å². The molecule has 5 heteroatoms. The van der Waals surface area contributed by atoms with Gasteiger partial charge in [-0.3, -0.25) is 4.79 Å². The zero-order chi connectivity index (χ0) is 13.7. The van der Waals surface area contributed by atoms with E-state index in [1.807, 2.05) is 13.2 Å². The molecule has 1 N–H and O–H groups in total. The largest absolute Gasteiger partial charge is 0.353 e. The van der Waals surface area contributed by atoms with Gasteiger partial charge in [0.15, 0.2) is 0 Å². The number of carbonyl (C=O) groups excluding carboxylic acids is 1. The van der Waals surface area contributed by atoms with E-state index < -0.39 is 0 Å². The van der Waals surface area contributed by atoms with Gasteiger partial charge in [0.2, 0.25) is 5.91 Å². The highest BCUT2D eigenvalue weighted by Gasteiger charge is 2.16. The molecule has 0 radical (unpaired) electrons. The Labute approximate surface area is 123 Å². The van der Waals surface area contributed by atoms with Crippen molar-refractivity contribution in [3.63, 3.8) is 0 Å². The molecule has 0 spiro atoms. The Morgan fingerprint density at radius 3 is 2.63 bits per heavy atom. The van der Waals surface area contributed by atoms with Crippen molar-refractivity contribution in [2.75, 3.05) is 6.26 Å². The van der Waals surface area contributed by atoms with Crippen molar-refractivity contribution in [1.29, 1.82) is 0 Å². The molecule has 1 aromatic rings. The third-order valence-electron chi connectivity index (χ3n) is 3.59. The van der Waals surface area contributed by atoms with E-state index in [4.69, 9.17) is 0 Å². The maximum Gasteiger partial charge on any atom is 0.225 e. The van der Waals surface area contributed by atoms with E-state index >= 15 is 0 Å². The summed E-state index contributed by atoms with van der Waals surface area (Å²) >= 11 is 3.29. The van der Waals surface area contributed by atoms with Crippen LogP contribution in [0.4, 0.5) is 0 Å². The molecule has 1 aliphatic rings. The quantitative estimate of drug-likeness (QED) is 0.682. The van der Waals surface area contributed by atoms with Crippen LogP contribution in [0.5, 0.6) is 0 Å². The third kappa shape index (κ3) is 4.49. The molecule has 0 atom stereocenters. The van der Waals surface area contributed by atoms with Crippen LogP contribution in [-0.2, 0) is 11.2 Å². The van der Waals surface area contributed by atoms with Gasteiger partial charge in [0, 0.05) is 10.9 Å². The average molecular weight is 298 g/mol. The van der Waals surface area contributed by atoms with E-state index in [-0.39, 0.29) is 5.91 Å². The number of nitrogens with one attached hydrogen (secondary N) is 1. The number of rotatable bonds is 4. The summed E-state index contributed by atoms with van der Waals surface area (Å²) < 4.78 is 1.05. The SMILES string of the molecule is CSc1nc(C)c(CC(=O)NC2CCCCCC2)s1. The van der Waals surface area contributed by atoms with Crippen molar-refractivity contribution in [3.05, 3.63) is 10.6 Å². The summed E-state index contributed by atoms with van der Waals surface area (Å²) in [5.74, 6) is 0.159. The standard InChI is InChI=1S/C14H22N2OS2/c1-10-12(19-14(15-10)18-2)9-13(17)16-11-7-5-3-4-6-8-11/h11H,3-9H2,1-2H3,(H,16,17). The Morgan fingerprint density at radius 1 is 1.37 bits per heavy atom. The lowest BCUT2D eigenvalue weighted by molar-refractivity contribution is -0.121. The van der Waals surface area contributed by atoms with Gasteiger partial charge in [-0.25, -0.2) is 4.98 Å². The molecule has 3 nitrogen and oxygen atoms in total. The van der Waals surface area contributed by atoms with E-state index in [1.165, 1.54) is 25.7 Å². The van der Waals surface area contributed by atoms with Crippen LogP contribution in [0.3, 0.4) is 0 Å². The van der Waals surface area contributed by atoms with Crippen molar-refractivity contribution in [2.45, 2.75) is 62.3 Å². The van der Waals surface area contributed by atoms with Gasteiger partial charge in [0.25, 0.3) is 0 Å². The van der Waals surface area contributed by atoms with Crippen LogP contribution in [0.1, 0.15) is 49.1 Å². The summed E-state index contributed by atoms with van der Waals surface area (Å²) in [6.07, 6.45) is 9.93. The highest BCUT2D eigenvalue weighted by atomic mass is 32.2. The van der Waals surface area contributed by atoms with E-state index in [0.717, 1.165) is 27.8 Å². The topological polar surface area (TPSA) is 42.0 Å². The first-order chi connectivity index (χ1) is 9.19. The zero-order valence-electron chi connectivity index (χ0n) is 11.7. The second-order valence-electron chi connectivity index (χ2n) is 5.13. The van der Waals surface area contributed by atoms with Gasteiger partial charge in [0.1, 0.15) is 4.34 Å². The second kappa shape index (κ2) is 7.29. The molecule has 1 amide bonds. The van der Waals surface area contributed by atoms with Gasteiger partial charge in [-0.2, -0.15) is 0 Å². The van der Waals surface area contributed by atoms with Gasteiger partial charge in [-0.1, -0.05) is 37.4 Å². The number of hydrogen-bond acceptors (Lipinski definition) is 4. The predicted molar refractivity (Wildman–Crippen MR) is 82.0 cm³/mol. The van der Waals surface area contributed by atoms with Crippen molar-refractivity contribution in [2.24, 2.45) is 0 Å². The number of aryl methyl sites for hydroxylation is 1. The Kier molecular flexibility index (Phi) is 5.70. The lowest BCUT2D eigenvalue weighted by Gasteiger charge is -2.15. The minimum atomic E-state index is 0.159. The highest BCUT2D eigenvalue weighted by Crippen LogP contribution is 2.25. The molecule has 1 saturated carbocycles. The molecule has 19 heavy (non-hydrogen) atoms. The Morgan fingerprint density at radius 2 is 2.05 bits per heavy atom. The molecular weight excluding hydrogens is 276 g/mol. The zero-order valence-corrected chi connectivity index (χ0v) is 13.3. The lowest BCUT2D eigenvalue weighted by Crippen LogP contribution is -2.35. The number of thioether (sulfide) groups is 1. The van der Waals surface area contributed by atoms with Crippen LogP contribution in [0.25, 0.3) is 0 Å². The van der Waals surface area contributed by atoms with E-state index in [0.29, 0.717) is 12.5 Å². The van der Waals surface area contributed by atoms with Crippen molar-refractivity contribution in [3.8, 4) is 0 Å². The number of hydrogen-bond donors (Lipinski definition) is 1. The Hall–Kier alpha value is -0.550. The van der Waals surface area contributed by atoms with Gasteiger partial charge in [-0.15, -0.1) is 11.3 Å². The molecule has 1 heterocycles. The molecular formula is C14H22N2OS2. The van der Waals surface area contributed by atoms with Gasteiger partial charge >= 0.3 is 0 Å². The fourth-order valence-corrected chi connectivity index (χ4v) is 4.15. The van der Waals surface area contributed by atoms with Crippen LogP contribution >= 0.6 is 23.1 Å². The fraction of sp³-hybridized carbons (Fsp3) is 0.714. The van der Waals surface area contributed by atoms with Crippen LogP contribution in [-0.4, -0.2) is 23.2 Å². The van der Waals surface area contributed by atoms with Crippen LogP contribution in [0, 0.1) is 6.92 Å². The van der Waals surface area contributed by atoms with Crippen LogP contribution in [0.15, 0.2) is 4.34 Å². The third-order valence-corrected chi connectivity index (χ3v) is 5.73. The highest BCUT2D eigenvalue weighted by molar-refractivity contribution is 8.00. The molecule has 0 bridgehead atoms. The Balaban J connectivity index is 1.87. The summed E-state index contributed by atoms with van der Waals surface area (Å²) in [6, 6.07) is 0.392. The first-order valence-electron chi connectivity index (χ1n) is 6.98. The molecule has 1 aromatic heterocycles. The second-order valence-corrected chi connectivity index (χ2v) is 7.26. The lowest BCUT2D eigenvalue weighted by atomic mass is 10.1. The van der Waals surface area contributed by atoms with E-state index in [9.17, 15) is 4.79 Å². The minimum Gasteiger partial charge on any atom is -0.353 e. The summed E-state index contributed by atoms with van der Waals surface area (Å²) in [5, 5.41) is 3.19. The summed E-state index contributed by atoms with van der Waals surface area (Å²) in [6.45, 7) is 1.99. The molecule has 0 saturated heterocycles. The monoisotopic (exact) mass is 298 g/mol. The smallest absolute Gasteiger partial charge is 0.225 e. The van der Waals surface area contributed by atoms with Gasteiger partial charge < -0.3 is 5.32 Å². The van der Waals surface area contributed by atoms with Crippen molar-refractivity contribution in [1.82, 2.24) is 10.3 Å². The maximum absolute atomic E-state index is 12.1. The Bertz CT molecular complexity index is 423. The van der Waals surface area contributed by atoms with Crippen LogP contribution < -0.4 is 5.32 Å². The molecule has 1 aliphatic carbocycles. The molecule has 2 rings (SSSR count). The number of aromatic nitrogens is 1. The summed E-state index contributed by atoms with van der Waals surface area (Å²) in [4.78, 5) is 17.7. The van der Waals surface area contributed by atoms with Crippen molar-refractivity contribution >= 4 is 29.0 Å². The minimum absolute atomic E-state index is 0.159. The van der Waals surface area contributed by atoms with E-state index in [1.54, 1.807) is 23.1 Å². The maximum atomic E-state index is 12.1. The first-order valence-corrected chi connectivity index (χ1v) is 9.03. The van der Waals surface area contributed by atoms with E-state index in [2.05, 4.69) is 10.3 Å². The fourth-order valence-electron chi connectivity index (χ4n) is 2.50. The van der Waals surface area contributed by atoms with Crippen molar-refractivity contribution < 1.29 is 4.79 Å². The first kappa shape index (κ1) is 14.9. The predicted octanol–water partition coefficient (Wildman–Crippen LogP) is 3.55.